The summed E-state index contributed by atoms with van der Waals surface area (Å²) < 4.78 is 0. The second-order valence-electron chi connectivity index (χ2n) is 5.39. The molecular formula is C18H17N3O2. The van der Waals surface area contributed by atoms with Crippen LogP contribution in [-0.4, -0.2) is 24.6 Å². The first-order chi connectivity index (χ1) is 11.1. The van der Waals surface area contributed by atoms with Crippen LogP contribution in [0.25, 0.3) is 0 Å². The molecule has 3 rings (SSSR count). The maximum atomic E-state index is 12.7. The largest absolute Gasteiger partial charge is 0.314 e. The molecule has 23 heavy (non-hydrogen) atoms. The summed E-state index contributed by atoms with van der Waals surface area (Å²) in [7, 11) is 1.67. The molecule has 0 aliphatic carbocycles. The van der Waals surface area contributed by atoms with Crippen LogP contribution in [0.2, 0.25) is 0 Å². The van der Waals surface area contributed by atoms with Crippen LogP contribution in [0.5, 0.6) is 0 Å². The maximum absolute atomic E-state index is 12.7. The molecule has 0 saturated heterocycles. The molecule has 1 aliphatic heterocycles. The van der Waals surface area contributed by atoms with Gasteiger partial charge in [-0.1, -0.05) is 36.4 Å². The van der Waals surface area contributed by atoms with Gasteiger partial charge < -0.3 is 4.90 Å². The van der Waals surface area contributed by atoms with E-state index < -0.39 is 5.92 Å². The Morgan fingerprint density at radius 2 is 1.61 bits per heavy atom. The van der Waals surface area contributed by atoms with Gasteiger partial charge >= 0.3 is 0 Å². The smallest absolute Gasteiger partial charge is 0.265 e. The first-order valence-electron chi connectivity index (χ1n) is 7.36. The number of rotatable bonds is 3. The highest BCUT2D eigenvalue weighted by Gasteiger charge is 2.41. The van der Waals surface area contributed by atoms with Crippen LogP contribution in [0, 0.1) is 5.92 Å². The minimum atomic E-state index is -0.875. The summed E-state index contributed by atoms with van der Waals surface area (Å²) in [5.41, 5.74) is 1.91. The lowest BCUT2D eigenvalue weighted by atomic mass is 10.0. The van der Waals surface area contributed by atoms with Crippen LogP contribution in [-0.2, 0) is 9.59 Å². The van der Waals surface area contributed by atoms with Crippen LogP contribution in [0.15, 0.2) is 65.8 Å². The molecule has 0 spiro atoms. The van der Waals surface area contributed by atoms with Crippen molar-refractivity contribution < 1.29 is 9.59 Å². The molecule has 2 amide bonds. The van der Waals surface area contributed by atoms with E-state index in [4.69, 9.17) is 0 Å². The molecule has 1 aliphatic rings. The fourth-order valence-corrected chi connectivity index (χ4v) is 2.58. The monoisotopic (exact) mass is 307 g/mol. The third-order valence-electron chi connectivity index (χ3n) is 3.85. The van der Waals surface area contributed by atoms with E-state index in [1.807, 2.05) is 48.5 Å². The van der Waals surface area contributed by atoms with E-state index in [1.54, 1.807) is 26.1 Å². The molecule has 5 heteroatoms. The second-order valence-corrected chi connectivity index (χ2v) is 5.39. The number of carbonyl (C=O) groups excluding carboxylic acids is 2. The van der Waals surface area contributed by atoms with Crippen molar-refractivity contribution in [2.75, 3.05) is 17.0 Å². The molecule has 5 nitrogen and oxygen atoms in total. The van der Waals surface area contributed by atoms with E-state index in [2.05, 4.69) is 5.10 Å². The maximum Gasteiger partial charge on any atom is 0.265 e. The molecule has 2 aromatic carbocycles. The average Bonchev–Trinajstić information content (AvgIpc) is 2.89. The summed E-state index contributed by atoms with van der Waals surface area (Å²) in [4.78, 5) is 26.9. The number of hydrogen-bond donors (Lipinski definition) is 0. The molecule has 0 N–H and O–H groups in total. The zero-order chi connectivity index (χ0) is 16.4. The van der Waals surface area contributed by atoms with Crippen molar-refractivity contribution in [1.29, 1.82) is 0 Å². The topological polar surface area (TPSA) is 53.0 Å². The van der Waals surface area contributed by atoms with Gasteiger partial charge in [-0.3, -0.25) is 9.59 Å². The highest BCUT2D eigenvalue weighted by atomic mass is 16.2. The zero-order valence-corrected chi connectivity index (χ0v) is 13.0. The van der Waals surface area contributed by atoms with Gasteiger partial charge in [0.05, 0.1) is 11.4 Å². The molecule has 116 valence electrons. The highest BCUT2D eigenvalue weighted by Crippen LogP contribution is 2.26. The lowest BCUT2D eigenvalue weighted by molar-refractivity contribution is -0.128. The number of para-hydroxylation sites is 2. The van der Waals surface area contributed by atoms with Crippen LogP contribution in [0.4, 0.5) is 11.4 Å². The van der Waals surface area contributed by atoms with Crippen LogP contribution < -0.4 is 9.91 Å². The van der Waals surface area contributed by atoms with Crippen LogP contribution >= 0.6 is 0 Å². The zero-order valence-electron chi connectivity index (χ0n) is 13.0. The molecule has 0 fully saturated rings. The van der Waals surface area contributed by atoms with E-state index in [1.165, 1.54) is 9.91 Å². The van der Waals surface area contributed by atoms with E-state index in [0.717, 1.165) is 5.69 Å². The van der Waals surface area contributed by atoms with E-state index in [-0.39, 0.29) is 11.8 Å². The quantitative estimate of drug-likeness (QED) is 0.819. The summed E-state index contributed by atoms with van der Waals surface area (Å²) in [6, 6.07) is 18.4. The third-order valence-corrected chi connectivity index (χ3v) is 3.85. The van der Waals surface area contributed by atoms with Gasteiger partial charge in [0.1, 0.15) is 0 Å². The van der Waals surface area contributed by atoms with Gasteiger partial charge in [-0.2, -0.15) is 10.1 Å². The Morgan fingerprint density at radius 1 is 1.04 bits per heavy atom. The lowest BCUT2D eigenvalue weighted by Gasteiger charge is -2.21. The summed E-state index contributed by atoms with van der Waals surface area (Å²) >= 11 is 0. The second kappa shape index (κ2) is 6.04. The summed E-state index contributed by atoms with van der Waals surface area (Å²) in [5.74, 6) is -1.47. The predicted octanol–water partition coefficient (Wildman–Crippen LogP) is 2.69. The number of carbonyl (C=O) groups is 2. The van der Waals surface area contributed by atoms with Crippen molar-refractivity contribution in [3.63, 3.8) is 0 Å². The van der Waals surface area contributed by atoms with Crippen molar-refractivity contribution in [1.82, 2.24) is 0 Å². The Hall–Kier alpha value is -2.95. The van der Waals surface area contributed by atoms with Gasteiger partial charge in [-0.15, -0.1) is 0 Å². The molecule has 2 aromatic rings. The number of amides is 2. The van der Waals surface area contributed by atoms with Crippen molar-refractivity contribution in [3.05, 3.63) is 60.7 Å². The number of nitrogens with zero attached hydrogens (tertiary/aromatic N) is 3. The Bertz CT molecular complexity index is 756. The van der Waals surface area contributed by atoms with Crippen molar-refractivity contribution >= 4 is 28.9 Å². The summed E-state index contributed by atoms with van der Waals surface area (Å²) in [5, 5.41) is 5.57. The Balaban J connectivity index is 1.85. The standard InChI is InChI=1S/C18H17N3O2/c1-13-16(17(22)20(2)14-9-5-3-6-10-14)18(23)21(19-13)15-11-7-4-8-12-15/h3-12,16H,1-2H3. The highest BCUT2D eigenvalue weighted by molar-refractivity contribution is 6.29. The minimum Gasteiger partial charge on any atom is -0.314 e. The Morgan fingerprint density at radius 3 is 2.22 bits per heavy atom. The minimum absolute atomic E-state index is 0.277. The van der Waals surface area contributed by atoms with Crippen LogP contribution in [0.1, 0.15) is 6.92 Å². The van der Waals surface area contributed by atoms with Crippen molar-refractivity contribution in [2.24, 2.45) is 11.0 Å². The fourth-order valence-electron chi connectivity index (χ4n) is 2.58. The van der Waals surface area contributed by atoms with Gasteiger partial charge in [-0.25, -0.2) is 0 Å². The Labute approximate surface area is 134 Å². The van der Waals surface area contributed by atoms with Gasteiger partial charge in [0.25, 0.3) is 5.91 Å². The number of hydrogen-bond acceptors (Lipinski definition) is 3. The van der Waals surface area contributed by atoms with E-state index in [0.29, 0.717) is 11.4 Å². The van der Waals surface area contributed by atoms with Gasteiger partial charge in [0.15, 0.2) is 5.92 Å². The van der Waals surface area contributed by atoms with Gasteiger partial charge in [0.2, 0.25) is 5.91 Å². The van der Waals surface area contributed by atoms with Crippen molar-refractivity contribution in [2.45, 2.75) is 6.92 Å². The fraction of sp³-hybridized carbons (Fsp3) is 0.167. The van der Waals surface area contributed by atoms with Gasteiger partial charge in [0, 0.05) is 12.7 Å². The number of anilines is 2. The summed E-state index contributed by atoms with van der Waals surface area (Å²) in [6.45, 7) is 1.71. The predicted molar refractivity (Wildman–Crippen MR) is 90.4 cm³/mol. The van der Waals surface area contributed by atoms with Crippen molar-refractivity contribution in [3.8, 4) is 0 Å². The van der Waals surface area contributed by atoms with Gasteiger partial charge in [-0.05, 0) is 31.2 Å². The first-order valence-corrected chi connectivity index (χ1v) is 7.36. The van der Waals surface area contributed by atoms with E-state index >= 15 is 0 Å². The molecule has 1 atom stereocenters. The molecule has 0 aromatic heterocycles. The molecular weight excluding hydrogens is 290 g/mol. The average molecular weight is 307 g/mol. The molecule has 0 radical (unpaired) electrons. The summed E-state index contributed by atoms with van der Waals surface area (Å²) in [6.07, 6.45) is 0. The number of hydrazone groups is 1. The third kappa shape index (κ3) is 2.73. The normalized spacial score (nSPS) is 17.1. The SMILES string of the molecule is CC1=NN(c2ccccc2)C(=O)C1C(=O)N(C)c1ccccc1. The first kappa shape index (κ1) is 15.0. The molecule has 1 heterocycles. The molecule has 0 bridgehead atoms. The lowest BCUT2D eigenvalue weighted by Crippen LogP contribution is -2.41. The Kier molecular flexibility index (Phi) is 3.93. The van der Waals surface area contributed by atoms with E-state index in [9.17, 15) is 9.59 Å². The van der Waals surface area contributed by atoms with Crippen LogP contribution in [0.3, 0.4) is 0 Å². The number of benzene rings is 2. The molecule has 1 unspecified atom stereocenters. The molecule has 0 saturated carbocycles.